The minimum atomic E-state index is -0.246. The second kappa shape index (κ2) is 8.64. The van der Waals surface area contributed by atoms with E-state index in [1.165, 1.54) is 15.9 Å². The molecular formula is C25H16BrN5O3S. The van der Waals surface area contributed by atoms with Gasteiger partial charge in [0.05, 0.1) is 28.1 Å². The van der Waals surface area contributed by atoms with Crippen molar-refractivity contribution in [2.75, 3.05) is 7.11 Å². The number of rotatable bonds is 5. The highest BCUT2D eigenvalue weighted by Crippen LogP contribution is 2.32. The first kappa shape index (κ1) is 21.5. The van der Waals surface area contributed by atoms with Crippen molar-refractivity contribution in [3.8, 4) is 34.3 Å². The molecule has 0 aliphatic heterocycles. The molecule has 0 fully saturated rings. The van der Waals surface area contributed by atoms with E-state index < -0.39 is 0 Å². The van der Waals surface area contributed by atoms with Crippen LogP contribution in [-0.2, 0) is 0 Å². The largest absolute Gasteiger partial charge is 0.496 e. The van der Waals surface area contributed by atoms with Gasteiger partial charge in [0.15, 0.2) is 5.76 Å². The van der Waals surface area contributed by atoms with Gasteiger partial charge in [0.1, 0.15) is 11.4 Å². The molecule has 8 nitrogen and oxygen atoms in total. The van der Waals surface area contributed by atoms with Gasteiger partial charge >= 0.3 is 0 Å². The number of fused-ring (bicyclic) bond motifs is 1. The number of hydrogen-bond donors (Lipinski definition) is 0. The maximum absolute atomic E-state index is 13.1. The Morgan fingerprint density at radius 1 is 1.09 bits per heavy atom. The van der Waals surface area contributed by atoms with Gasteiger partial charge in [-0.3, -0.25) is 4.79 Å². The predicted octanol–water partition coefficient (Wildman–Crippen LogP) is 4.58. The Morgan fingerprint density at radius 2 is 1.94 bits per heavy atom. The molecule has 2 aromatic carbocycles. The molecule has 35 heavy (non-hydrogen) atoms. The van der Waals surface area contributed by atoms with E-state index in [9.17, 15) is 4.79 Å². The van der Waals surface area contributed by atoms with Crippen LogP contribution in [0.4, 0.5) is 0 Å². The monoisotopic (exact) mass is 545 g/mol. The maximum Gasteiger partial charge on any atom is 0.291 e. The third-order valence-corrected chi connectivity index (χ3v) is 6.98. The highest BCUT2D eigenvalue weighted by molar-refractivity contribution is 9.10. The van der Waals surface area contributed by atoms with Gasteiger partial charge in [-0.2, -0.15) is 14.6 Å². The molecule has 6 aromatic rings. The molecule has 6 rings (SSSR count). The van der Waals surface area contributed by atoms with Crippen LogP contribution < -0.4 is 14.8 Å². The van der Waals surface area contributed by atoms with Crippen LogP contribution in [0.2, 0.25) is 0 Å². The molecule has 0 aliphatic carbocycles. The van der Waals surface area contributed by atoms with E-state index in [0.29, 0.717) is 21.1 Å². The second-order valence-electron chi connectivity index (χ2n) is 7.59. The first-order valence-electron chi connectivity index (χ1n) is 10.5. The standard InChI is InChI=1S/C25H16BrN5O3S/c1-33-19-10-9-15(12-18(19)26)22-16(14-30(28-22)17-6-3-2-4-7-17)13-21-24(32)31-25(35-21)27-23(29-31)20-8-5-11-34-20/h2-14H,1H3. The quantitative estimate of drug-likeness (QED) is 0.315. The van der Waals surface area contributed by atoms with Crippen molar-refractivity contribution < 1.29 is 9.15 Å². The van der Waals surface area contributed by atoms with Crippen LogP contribution in [0.3, 0.4) is 0 Å². The zero-order valence-corrected chi connectivity index (χ0v) is 20.7. The lowest BCUT2D eigenvalue weighted by molar-refractivity contribution is 0.412. The molecule has 0 spiro atoms. The van der Waals surface area contributed by atoms with Crippen molar-refractivity contribution in [1.82, 2.24) is 24.4 Å². The van der Waals surface area contributed by atoms with Crippen molar-refractivity contribution in [1.29, 1.82) is 0 Å². The summed E-state index contributed by atoms with van der Waals surface area (Å²) in [4.78, 5) is 18.1. The minimum absolute atomic E-state index is 0.246. The number of benzene rings is 2. The van der Waals surface area contributed by atoms with Crippen LogP contribution in [0.1, 0.15) is 5.56 Å². The van der Waals surface area contributed by atoms with Gasteiger partial charge in [-0.25, -0.2) is 4.68 Å². The number of aromatic nitrogens is 5. The molecule has 172 valence electrons. The average Bonchev–Trinajstić information content (AvgIpc) is 3.66. The maximum atomic E-state index is 13.1. The highest BCUT2D eigenvalue weighted by atomic mass is 79.9. The van der Waals surface area contributed by atoms with E-state index in [1.807, 2.05) is 60.8 Å². The Bertz CT molecular complexity index is 1770. The fourth-order valence-electron chi connectivity index (χ4n) is 3.73. The molecule has 0 aliphatic rings. The van der Waals surface area contributed by atoms with Gasteiger partial charge in [0.2, 0.25) is 10.8 Å². The van der Waals surface area contributed by atoms with Gasteiger partial charge < -0.3 is 9.15 Å². The molecule has 0 atom stereocenters. The highest BCUT2D eigenvalue weighted by Gasteiger charge is 2.16. The summed E-state index contributed by atoms with van der Waals surface area (Å²) in [6, 6.07) is 19.1. The van der Waals surface area contributed by atoms with Crippen LogP contribution >= 0.6 is 27.3 Å². The normalized spacial score (nSPS) is 12.0. The van der Waals surface area contributed by atoms with E-state index in [-0.39, 0.29) is 5.56 Å². The lowest BCUT2D eigenvalue weighted by atomic mass is 10.1. The minimum Gasteiger partial charge on any atom is -0.496 e. The van der Waals surface area contributed by atoms with E-state index in [1.54, 1.807) is 30.2 Å². The molecule has 0 N–H and O–H groups in total. The molecule has 0 unspecified atom stereocenters. The lowest BCUT2D eigenvalue weighted by Crippen LogP contribution is -2.23. The van der Waals surface area contributed by atoms with Crippen molar-refractivity contribution in [3.63, 3.8) is 0 Å². The van der Waals surface area contributed by atoms with Crippen LogP contribution in [-0.4, -0.2) is 31.5 Å². The fraction of sp³-hybridized carbons (Fsp3) is 0.0400. The first-order valence-corrected chi connectivity index (χ1v) is 12.2. The lowest BCUT2D eigenvalue weighted by Gasteiger charge is -2.05. The SMILES string of the molecule is COc1ccc(-c2nn(-c3ccccc3)cc2C=c2sc3nc(-c4ccco4)nn3c2=O)cc1Br. The van der Waals surface area contributed by atoms with Crippen LogP contribution in [0.5, 0.6) is 5.75 Å². The Kier molecular flexibility index (Phi) is 5.31. The predicted molar refractivity (Wildman–Crippen MR) is 137 cm³/mol. The van der Waals surface area contributed by atoms with Crippen LogP contribution in [0.15, 0.2) is 86.8 Å². The number of hydrogen-bond acceptors (Lipinski definition) is 7. The number of nitrogens with zero attached hydrogens (tertiary/aromatic N) is 5. The van der Waals surface area contributed by atoms with Crippen molar-refractivity contribution in [2.45, 2.75) is 0 Å². The van der Waals surface area contributed by atoms with Gasteiger partial charge in [-0.1, -0.05) is 29.5 Å². The van der Waals surface area contributed by atoms with Gasteiger partial charge in [0.25, 0.3) is 5.56 Å². The summed E-state index contributed by atoms with van der Waals surface area (Å²) >= 11 is 4.82. The number of methoxy groups -OCH3 is 1. The molecule has 4 aromatic heterocycles. The molecule has 0 amide bonds. The summed E-state index contributed by atoms with van der Waals surface area (Å²) in [6.45, 7) is 0. The zero-order chi connectivity index (χ0) is 23.9. The van der Waals surface area contributed by atoms with E-state index in [2.05, 4.69) is 26.0 Å². The van der Waals surface area contributed by atoms with Crippen molar-refractivity contribution in [2.24, 2.45) is 0 Å². The number of para-hydroxylation sites is 1. The number of furan rings is 1. The second-order valence-corrected chi connectivity index (χ2v) is 9.45. The first-order chi connectivity index (χ1) is 17.1. The summed E-state index contributed by atoms with van der Waals surface area (Å²) in [5.41, 5.74) is 3.06. The summed E-state index contributed by atoms with van der Waals surface area (Å²) in [7, 11) is 1.62. The number of ether oxygens (including phenoxy) is 1. The van der Waals surface area contributed by atoms with E-state index in [0.717, 1.165) is 32.7 Å². The Balaban J connectivity index is 1.51. The summed E-state index contributed by atoms with van der Waals surface area (Å²) in [5, 5.41) is 9.17. The van der Waals surface area contributed by atoms with Crippen molar-refractivity contribution >= 4 is 38.3 Å². The molecular weight excluding hydrogens is 530 g/mol. The molecule has 0 radical (unpaired) electrons. The summed E-state index contributed by atoms with van der Waals surface area (Å²) < 4.78 is 15.1. The van der Waals surface area contributed by atoms with Crippen LogP contribution in [0.25, 0.3) is 39.6 Å². The molecule has 10 heteroatoms. The summed E-state index contributed by atoms with van der Waals surface area (Å²) in [5.74, 6) is 1.62. The number of thiazole rings is 1. The Labute approximate surface area is 210 Å². The van der Waals surface area contributed by atoms with E-state index >= 15 is 0 Å². The number of halogens is 1. The smallest absolute Gasteiger partial charge is 0.291 e. The Morgan fingerprint density at radius 3 is 2.66 bits per heavy atom. The average molecular weight is 546 g/mol. The molecule has 0 bridgehead atoms. The molecule has 4 heterocycles. The Hall–Kier alpha value is -4.02. The fourth-order valence-corrected chi connectivity index (χ4v) is 5.17. The van der Waals surface area contributed by atoms with Gasteiger partial charge in [-0.05, 0) is 64.5 Å². The van der Waals surface area contributed by atoms with Crippen molar-refractivity contribution in [3.05, 3.63) is 98.0 Å². The molecule has 0 saturated carbocycles. The van der Waals surface area contributed by atoms with E-state index in [4.69, 9.17) is 14.3 Å². The van der Waals surface area contributed by atoms with Gasteiger partial charge in [-0.15, -0.1) is 5.10 Å². The summed E-state index contributed by atoms with van der Waals surface area (Å²) in [6.07, 6.45) is 5.29. The zero-order valence-electron chi connectivity index (χ0n) is 18.3. The molecule has 0 saturated heterocycles. The topological polar surface area (TPSA) is 87.4 Å². The third kappa shape index (κ3) is 3.86. The third-order valence-electron chi connectivity index (χ3n) is 5.40. The van der Waals surface area contributed by atoms with Gasteiger partial charge in [0, 0.05) is 17.3 Å². The van der Waals surface area contributed by atoms with Crippen LogP contribution in [0, 0.1) is 0 Å².